The first-order valence-corrected chi connectivity index (χ1v) is 11.0. The van der Waals surface area contributed by atoms with E-state index in [1.165, 1.54) is 4.88 Å². The number of likely N-dealkylation sites (tertiary alicyclic amines) is 1. The summed E-state index contributed by atoms with van der Waals surface area (Å²) in [6.07, 6.45) is 2.26. The standard InChI is InChI=1S/C22H22ClN3O2S/c23-20-6-4-16-14-17(3-5-19(16)25-20)22(28)26-11-8-15(9-12-26)21(27)24-10-7-18-2-1-13-29-18/h1-6,13-15H,7-12H2,(H,24,27). The molecule has 29 heavy (non-hydrogen) atoms. The van der Waals surface area contributed by atoms with Crippen LogP contribution in [0.4, 0.5) is 0 Å². The number of rotatable bonds is 5. The van der Waals surface area contributed by atoms with Crippen molar-refractivity contribution >= 4 is 45.7 Å². The Kier molecular flexibility index (Phi) is 6.11. The molecule has 2 aromatic heterocycles. The molecule has 3 aromatic rings. The van der Waals surface area contributed by atoms with Gasteiger partial charge >= 0.3 is 0 Å². The molecular formula is C22H22ClN3O2S. The number of benzene rings is 1. The van der Waals surface area contributed by atoms with Gasteiger partial charge in [0.05, 0.1) is 5.52 Å². The first-order chi connectivity index (χ1) is 14.1. The number of amides is 2. The van der Waals surface area contributed by atoms with Crippen LogP contribution in [0.3, 0.4) is 0 Å². The van der Waals surface area contributed by atoms with Crippen LogP contribution < -0.4 is 5.32 Å². The fourth-order valence-corrected chi connectivity index (χ4v) is 4.53. The Morgan fingerprint density at radius 1 is 1.17 bits per heavy atom. The number of hydrogen-bond donors (Lipinski definition) is 1. The number of carbonyl (C=O) groups is 2. The average Bonchev–Trinajstić information content (AvgIpc) is 3.26. The molecule has 3 heterocycles. The van der Waals surface area contributed by atoms with Crippen LogP contribution in [0.5, 0.6) is 0 Å². The van der Waals surface area contributed by atoms with Gasteiger partial charge in [0.1, 0.15) is 5.15 Å². The zero-order chi connectivity index (χ0) is 20.2. The van der Waals surface area contributed by atoms with Gasteiger partial charge in [0.25, 0.3) is 5.91 Å². The van der Waals surface area contributed by atoms with E-state index in [0.717, 1.165) is 17.3 Å². The van der Waals surface area contributed by atoms with Gasteiger partial charge in [0.2, 0.25) is 5.91 Å². The summed E-state index contributed by atoms with van der Waals surface area (Å²) >= 11 is 7.63. The van der Waals surface area contributed by atoms with Gasteiger partial charge in [0, 0.05) is 41.4 Å². The first-order valence-electron chi connectivity index (χ1n) is 9.76. The molecular weight excluding hydrogens is 406 g/mol. The van der Waals surface area contributed by atoms with Gasteiger partial charge in [-0.3, -0.25) is 9.59 Å². The highest BCUT2D eigenvalue weighted by molar-refractivity contribution is 7.09. The molecule has 1 N–H and O–H groups in total. The van der Waals surface area contributed by atoms with Crippen molar-refractivity contribution in [1.82, 2.24) is 15.2 Å². The summed E-state index contributed by atoms with van der Waals surface area (Å²) < 4.78 is 0. The number of hydrogen-bond acceptors (Lipinski definition) is 4. The smallest absolute Gasteiger partial charge is 0.253 e. The molecule has 0 spiro atoms. The summed E-state index contributed by atoms with van der Waals surface area (Å²) in [6.45, 7) is 1.85. The topological polar surface area (TPSA) is 62.3 Å². The lowest BCUT2D eigenvalue weighted by molar-refractivity contribution is -0.126. The molecule has 1 aromatic carbocycles. The normalized spacial score (nSPS) is 14.9. The molecule has 0 unspecified atom stereocenters. The van der Waals surface area contributed by atoms with E-state index in [1.54, 1.807) is 23.5 Å². The lowest BCUT2D eigenvalue weighted by atomic mass is 9.95. The number of pyridine rings is 1. The Labute approximate surface area is 178 Å². The molecule has 150 valence electrons. The number of piperidine rings is 1. The molecule has 2 amide bonds. The molecule has 5 nitrogen and oxygen atoms in total. The molecule has 1 aliphatic rings. The summed E-state index contributed by atoms with van der Waals surface area (Å²) in [4.78, 5) is 32.7. The van der Waals surface area contributed by atoms with Crippen LogP contribution in [0.15, 0.2) is 47.8 Å². The van der Waals surface area contributed by atoms with E-state index in [4.69, 9.17) is 11.6 Å². The molecule has 1 aliphatic heterocycles. The fourth-order valence-electron chi connectivity index (χ4n) is 3.67. The van der Waals surface area contributed by atoms with E-state index in [9.17, 15) is 9.59 Å². The summed E-state index contributed by atoms with van der Waals surface area (Å²) in [6, 6.07) is 13.2. The van der Waals surface area contributed by atoms with E-state index in [2.05, 4.69) is 16.4 Å². The van der Waals surface area contributed by atoms with Crippen molar-refractivity contribution in [2.24, 2.45) is 5.92 Å². The summed E-state index contributed by atoms with van der Waals surface area (Å²) in [5, 5.41) is 6.41. The monoisotopic (exact) mass is 427 g/mol. The van der Waals surface area contributed by atoms with Gasteiger partial charge in [-0.25, -0.2) is 4.98 Å². The Hall–Kier alpha value is -2.44. The van der Waals surface area contributed by atoms with E-state index < -0.39 is 0 Å². The Bertz CT molecular complexity index is 1010. The minimum atomic E-state index is -0.0228. The molecule has 7 heteroatoms. The Balaban J connectivity index is 1.30. The van der Waals surface area contributed by atoms with E-state index in [0.29, 0.717) is 43.2 Å². The maximum Gasteiger partial charge on any atom is 0.253 e. The number of halogens is 1. The highest BCUT2D eigenvalue weighted by Crippen LogP contribution is 2.22. The van der Waals surface area contributed by atoms with Crippen molar-refractivity contribution in [1.29, 1.82) is 0 Å². The van der Waals surface area contributed by atoms with Crippen molar-refractivity contribution in [2.75, 3.05) is 19.6 Å². The molecule has 0 saturated carbocycles. The van der Waals surface area contributed by atoms with Crippen LogP contribution in [0, 0.1) is 5.92 Å². The van der Waals surface area contributed by atoms with E-state index >= 15 is 0 Å². The molecule has 0 bridgehead atoms. The summed E-state index contributed by atoms with van der Waals surface area (Å²) in [7, 11) is 0. The van der Waals surface area contributed by atoms with Gasteiger partial charge < -0.3 is 10.2 Å². The Morgan fingerprint density at radius 2 is 2.00 bits per heavy atom. The second-order valence-electron chi connectivity index (χ2n) is 7.23. The molecule has 0 atom stereocenters. The maximum absolute atomic E-state index is 12.9. The predicted octanol–water partition coefficient (Wildman–Crippen LogP) is 4.16. The lowest BCUT2D eigenvalue weighted by Crippen LogP contribution is -2.43. The van der Waals surface area contributed by atoms with Crippen LogP contribution in [0.25, 0.3) is 10.9 Å². The van der Waals surface area contributed by atoms with Crippen molar-refractivity contribution in [3.05, 3.63) is 63.4 Å². The van der Waals surface area contributed by atoms with Gasteiger partial charge in [-0.05, 0) is 61.0 Å². The Morgan fingerprint density at radius 3 is 2.76 bits per heavy atom. The number of thiophene rings is 1. The number of fused-ring (bicyclic) bond motifs is 1. The third-order valence-corrected chi connectivity index (χ3v) is 6.45. The maximum atomic E-state index is 12.9. The SMILES string of the molecule is O=C(NCCc1cccs1)C1CCN(C(=O)c2ccc3nc(Cl)ccc3c2)CC1. The largest absolute Gasteiger partial charge is 0.355 e. The van der Waals surface area contributed by atoms with E-state index in [-0.39, 0.29) is 17.7 Å². The number of aromatic nitrogens is 1. The highest BCUT2D eigenvalue weighted by atomic mass is 35.5. The third kappa shape index (κ3) is 4.77. The first kappa shape index (κ1) is 19.9. The van der Waals surface area contributed by atoms with Gasteiger partial charge in [-0.2, -0.15) is 0 Å². The average molecular weight is 428 g/mol. The van der Waals surface area contributed by atoms with Crippen LogP contribution in [-0.2, 0) is 11.2 Å². The number of nitrogens with zero attached hydrogens (tertiary/aromatic N) is 2. The second-order valence-corrected chi connectivity index (χ2v) is 8.65. The predicted molar refractivity (Wildman–Crippen MR) is 116 cm³/mol. The summed E-state index contributed by atoms with van der Waals surface area (Å²) in [5.74, 6) is 0.0750. The van der Waals surface area contributed by atoms with Crippen LogP contribution in [0.1, 0.15) is 28.1 Å². The zero-order valence-corrected chi connectivity index (χ0v) is 17.5. The van der Waals surface area contributed by atoms with Crippen LogP contribution >= 0.6 is 22.9 Å². The number of nitrogens with one attached hydrogen (secondary N) is 1. The minimum Gasteiger partial charge on any atom is -0.355 e. The van der Waals surface area contributed by atoms with E-state index in [1.807, 2.05) is 34.5 Å². The summed E-state index contributed by atoms with van der Waals surface area (Å²) in [5.41, 5.74) is 1.41. The fraction of sp³-hybridized carbons (Fsp3) is 0.318. The second kappa shape index (κ2) is 8.93. The van der Waals surface area contributed by atoms with Crippen molar-refractivity contribution < 1.29 is 9.59 Å². The molecule has 0 radical (unpaired) electrons. The lowest BCUT2D eigenvalue weighted by Gasteiger charge is -2.31. The molecule has 1 saturated heterocycles. The quantitative estimate of drug-likeness (QED) is 0.622. The van der Waals surface area contributed by atoms with Gasteiger partial charge in [-0.1, -0.05) is 17.7 Å². The molecule has 1 fully saturated rings. The minimum absolute atomic E-state index is 0.00148. The van der Waals surface area contributed by atoms with Crippen LogP contribution in [-0.4, -0.2) is 41.3 Å². The van der Waals surface area contributed by atoms with Gasteiger partial charge in [0.15, 0.2) is 0 Å². The van der Waals surface area contributed by atoms with Gasteiger partial charge in [-0.15, -0.1) is 11.3 Å². The van der Waals surface area contributed by atoms with Crippen LogP contribution in [0.2, 0.25) is 5.15 Å². The third-order valence-electron chi connectivity index (χ3n) is 5.31. The molecule has 0 aliphatic carbocycles. The molecule has 4 rings (SSSR count). The van der Waals surface area contributed by atoms with Crippen molar-refractivity contribution in [3.63, 3.8) is 0 Å². The van der Waals surface area contributed by atoms with Crippen molar-refractivity contribution in [3.8, 4) is 0 Å². The number of carbonyl (C=O) groups excluding carboxylic acids is 2. The zero-order valence-electron chi connectivity index (χ0n) is 15.9. The van der Waals surface area contributed by atoms with Crippen molar-refractivity contribution in [2.45, 2.75) is 19.3 Å². The highest BCUT2D eigenvalue weighted by Gasteiger charge is 2.27.